The fourth-order valence-electron chi connectivity index (χ4n) is 2.46. The molecule has 1 heterocycles. The van der Waals surface area contributed by atoms with Gasteiger partial charge in [0.15, 0.2) is 0 Å². The molecular weight excluding hydrogens is 314 g/mol. The van der Waals surface area contributed by atoms with Gasteiger partial charge in [0, 0.05) is 31.2 Å². The van der Waals surface area contributed by atoms with Gasteiger partial charge in [0.05, 0.1) is 11.1 Å². The Morgan fingerprint density at radius 2 is 1.80 bits per heavy atom. The lowest BCUT2D eigenvalue weighted by atomic mass is 10.1. The number of rotatable bonds is 7. The summed E-state index contributed by atoms with van der Waals surface area (Å²) in [6, 6.07) is 11.1. The van der Waals surface area contributed by atoms with Gasteiger partial charge in [-0.1, -0.05) is 32.0 Å². The molecule has 2 rings (SSSR count). The van der Waals surface area contributed by atoms with Crippen molar-refractivity contribution in [3.8, 4) is 0 Å². The van der Waals surface area contributed by atoms with Gasteiger partial charge in [0.1, 0.15) is 0 Å². The molecule has 0 radical (unpaired) electrons. The van der Waals surface area contributed by atoms with Crippen LogP contribution in [0.3, 0.4) is 0 Å². The van der Waals surface area contributed by atoms with E-state index in [0.29, 0.717) is 30.1 Å². The molecule has 0 aliphatic heterocycles. The molecule has 0 saturated heterocycles. The van der Waals surface area contributed by atoms with Crippen LogP contribution in [0, 0.1) is 5.92 Å². The molecular formula is C20H25N3O2. The second kappa shape index (κ2) is 8.97. The first-order valence-electron chi connectivity index (χ1n) is 8.63. The van der Waals surface area contributed by atoms with Crippen molar-refractivity contribution in [3.05, 3.63) is 59.9 Å². The van der Waals surface area contributed by atoms with Crippen molar-refractivity contribution >= 4 is 17.5 Å². The summed E-state index contributed by atoms with van der Waals surface area (Å²) in [7, 11) is 0. The number of aromatic nitrogens is 1. The maximum absolute atomic E-state index is 12.8. The Bertz CT molecular complexity index is 714. The minimum Gasteiger partial charge on any atom is -0.352 e. The molecule has 0 unspecified atom stereocenters. The highest BCUT2D eigenvalue weighted by molar-refractivity contribution is 6.07. The van der Waals surface area contributed by atoms with E-state index in [-0.39, 0.29) is 11.8 Å². The molecule has 25 heavy (non-hydrogen) atoms. The van der Waals surface area contributed by atoms with Crippen molar-refractivity contribution in [1.29, 1.82) is 0 Å². The molecule has 132 valence electrons. The van der Waals surface area contributed by atoms with Crippen molar-refractivity contribution < 1.29 is 9.59 Å². The third-order valence-corrected chi connectivity index (χ3v) is 3.88. The van der Waals surface area contributed by atoms with Crippen molar-refractivity contribution in [2.75, 3.05) is 18.0 Å². The number of carbonyl (C=O) groups is 2. The van der Waals surface area contributed by atoms with E-state index in [1.807, 2.05) is 37.3 Å². The summed E-state index contributed by atoms with van der Waals surface area (Å²) in [5.41, 5.74) is 1.63. The summed E-state index contributed by atoms with van der Waals surface area (Å²) in [6.07, 6.45) is 3.90. The molecule has 5 nitrogen and oxygen atoms in total. The van der Waals surface area contributed by atoms with Crippen molar-refractivity contribution in [2.45, 2.75) is 27.2 Å². The number of para-hydroxylation sites is 1. The van der Waals surface area contributed by atoms with Crippen LogP contribution < -0.4 is 10.2 Å². The van der Waals surface area contributed by atoms with Gasteiger partial charge in [-0.2, -0.15) is 0 Å². The highest BCUT2D eigenvalue weighted by Gasteiger charge is 2.18. The molecule has 2 amide bonds. The third-order valence-electron chi connectivity index (χ3n) is 3.88. The van der Waals surface area contributed by atoms with Gasteiger partial charge >= 0.3 is 0 Å². The highest BCUT2D eigenvalue weighted by atomic mass is 16.2. The summed E-state index contributed by atoms with van der Waals surface area (Å²) in [5, 5.41) is 2.87. The van der Waals surface area contributed by atoms with Crippen LogP contribution in [0.2, 0.25) is 0 Å². The maximum Gasteiger partial charge on any atom is 0.259 e. The standard InChI is InChI=1S/C20H25N3O2/c1-4-23(18-8-6-5-7-9-18)20(25)17-12-16(13-21-14-17)19(24)22-11-10-15(2)3/h5-9,12-15H,4,10-11H2,1-3H3,(H,22,24). The third kappa shape index (κ3) is 5.14. The summed E-state index contributed by atoms with van der Waals surface area (Å²) in [6.45, 7) is 7.28. The Morgan fingerprint density at radius 3 is 2.44 bits per heavy atom. The monoisotopic (exact) mass is 339 g/mol. The smallest absolute Gasteiger partial charge is 0.259 e. The van der Waals surface area contributed by atoms with Crippen LogP contribution in [0.5, 0.6) is 0 Å². The number of hydrogen-bond donors (Lipinski definition) is 1. The normalized spacial score (nSPS) is 10.6. The number of carbonyl (C=O) groups excluding carboxylic acids is 2. The number of amides is 2. The van der Waals surface area contributed by atoms with E-state index in [9.17, 15) is 9.59 Å². The van der Waals surface area contributed by atoms with E-state index in [2.05, 4.69) is 24.1 Å². The molecule has 5 heteroatoms. The van der Waals surface area contributed by atoms with E-state index in [1.54, 1.807) is 11.0 Å². The maximum atomic E-state index is 12.8. The summed E-state index contributed by atoms with van der Waals surface area (Å²) in [5.74, 6) is 0.152. The Morgan fingerprint density at radius 1 is 1.12 bits per heavy atom. The van der Waals surface area contributed by atoms with Gasteiger partial charge in [-0.3, -0.25) is 14.6 Å². The van der Waals surface area contributed by atoms with Crippen molar-refractivity contribution in [3.63, 3.8) is 0 Å². The van der Waals surface area contributed by atoms with E-state index < -0.39 is 0 Å². The number of nitrogens with zero attached hydrogens (tertiary/aromatic N) is 2. The van der Waals surface area contributed by atoms with Gasteiger partial charge < -0.3 is 10.2 Å². The number of hydrogen-bond acceptors (Lipinski definition) is 3. The zero-order chi connectivity index (χ0) is 18.2. The molecule has 0 fully saturated rings. The van der Waals surface area contributed by atoms with E-state index in [0.717, 1.165) is 12.1 Å². The van der Waals surface area contributed by atoms with Crippen LogP contribution in [0.25, 0.3) is 0 Å². The second-order valence-electron chi connectivity index (χ2n) is 6.29. The second-order valence-corrected chi connectivity index (χ2v) is 6.29. The van der Waals surface area contributed by atoms with Crippen LogP contribution in [-0.2, 0) is 0 Å². The van der Waals surface area contributed by atoms with Crippen LogP contribution >= 0.6 is 0 Å². The van der Waals surface area contributed by atoms with Gasteiger partial charge in [-0.15, -0.1) is 0 Å². The quantitative estimate of drug-likeness (QED) is 0.839. The van der Waals surface area contributed by atoms with Gasteiger partial charge in [0.2, 0.25) is 0 Å². The molecule has 0 aliphatic carbocycles. The molecule has 0 spiro atoms. The largest absolute Gasteiger partial charge is 0.352 e. The van der Waals surface area contributed by atoms with E-state index in [4.69, 9.17) is 0 Å². The first kappa shape index (κ1) is 18.6. The topological polar surface area (TPSA) is 62.3 Å². The zero-order valence-corrected chi connectivity index (χ0v) is 15.0. The summed E-state index contributed by atoms with van der Waals surface area (Å²) >= 11 is 0. The lowest BCUT2D eigenvalue weighted by Gasteiger charge is -2.21. The molecule has 0 bridgehead atoms. The van der Waals surface area contributed by atoms with Gasteiger partial charge in [-0.25, -0.2) is 0 Å². The molecule has 0 aliphatic rings. The van der Waals surface area contributed by atoms with Gasteiger partial charge in [0.25, 0.3) is 11.8 Å². The minimum absolute atomic E-state index is 0.168. The van der Waals surface area contributed by atoms with Crippen LogP contribution in [0.1, 0.15) is 47.9 Å². The summed E-state index contributed by atoms with van der Waals surface area (Å²) in [4.78, 5) is 30.8. The zero-order valence-electron chi connectivity index (χ0n) is 15.0. The molecule has 0 atom stereocenters. The molecule has 1 aromatic heterocycles. The highest BCUT2D eigenvalue weighted by Crippen LogP contribution is 2.16. The molecule has 0 saturated carbocycles. The SMILES string of the molecule is CCN(C(=O)c1cncc(C(=O)NCCC(C)C)c1)c1ccccc1. The Kier molecular flexibility index (Phi) is 6.69. The number of nitrogens with one attached hydrogen (secondary N) is 1. The number of anilines is 1. The first-order valence-corrected chi connectivity index (χ1v) is 8.63. The fourth-order valence-corrected chi connectivity index (χ4v) is 2.46. The molecule has 2 aromatic rings. The average Bonchev–Trinajstić information content (AvgIpc) is 2.63. The predicted molar refractivity (Wildman–Crippen MR) is 99.8 cm³/mol. The lowest BCUT2D eigenvalue weighted by Crippen LogP contribution is -2.31. The molecule has 1 aromatic carbocycles. The average molecular weight is 339 g/mol. The Labute approximate surface area is 149 Å². The predicted octanol–water partition coefficient (Wildman–Crippen LogP) is 3.52. The van der Waals surface area contributed by atoms with Crippen LogP contribution in [0.15, 0.2) is 48.8 Å². The Hall–Kier alpha value is -2.69. The Balaban J connectivity index is 2.14. The number of benzene rings is 1. The van der Waals surface area contributed by atoms with Crippen LogP contribution in [-0.4, -0.2) is 29.9 Å². The molecule has 1 N–H and O–H groups in total. The van der Waals surface area contributed by atoms with Crippen molar-refractivity contribution in [1.82, 2.24) is 10.3 Å². The van der Waals surface area contributed by atoms with E-state index >= 15 is 0 Å². The first-order chi connectivity index (χ1) is 12.0. The lowest BCUT2D eigenvalue weighted by molar-refractivity contribution is 0.0951. The fraction of sp³-hybridized carbons (Fsp3) is 0.350. The summed E-state index contributed by atoms with van der Waals surface area (Å²) < 4.78 is 0. The van der Waals surface area contributed by atoms with Crippen molar-refractivity contribution in [2.24, 2.45) is 5.92 Å². The number of pyridine rings is 1. The van der Waals surface area contributed by atoms with Crippen LogP contribution in [0.4, 0.5) is 5.69 Å². The van der Waals surface area contributed by atoms with E-state index in [1.165, 1.54) is 12.4 Å². The van der Waals surface area contributed by atoms with Gasteiger partial charge in [-0.05, 0) is 37.5 Å². The minimum atomic E-state index is -0.203.